The number of ether oxygens (including phenoxy) is 2. The molecule has 0 spiro atoms. The van der Waals surface area contributed by atoms with Gasteiger partial charge in [-0.25, -0.2) is 0 Å². The molecule has 2 aliphatic rings. The minimum Gasteiger partial charge on any atom is -0.454 e. The first-order valence-corrected chi connectivity index (χ1v) is 7.96. The van der Waals surface area contributed by atoms with Gasteiger partial charge >= 0.3 is 0 Å². The van der Waals surface area contributed by atoms with E-state index in [9.17, 15) is 4.79 Å². The molecule has 4 rings (SSSR count). The molecule has 0 amide bonds. The van der Waals surface area contributed by atoms with E-state index < -0.39 is 0 Å². The number of halogens is 1. The Labute approximate surface area is 134 Å². The molecule has 3 nitrogen and oxygen atoms in total. The average molecular weight is 361 g/mol. The predicted octanol–water partition coefficient (Wildman–Crippen LogP) is 4.51. The van der Waals surface area contributed by atoms with Crippen LogP contribution in [-0.2, 0) is 0 Å². The van der Waals surface area contributed by atoms with Gasteiger partial charge in [-0.15, -0.1) is 0 Å². The molecule has 104 valence electrons. The van der Waals surface area contributed by atoms with Gasteiger partial charge < -0.3 is 9.47 Å². The van der Waals surface area contributed by atoms with Crippen molar-refractivity contribution in [2.45, 2.75) is 4.90 Å². The fourth-order valence-electron chi connectivity index (χ4n) is 2.32. The molecule has 2 aliphatic heterocycles. The van der Waals surface area contributed by atoms with E-state index in [0.29, 0.717) is 5.75 Å². The number of carbonyl (C=O) groups excluding carboxylic acids is 1. The molecule has 0 saturated carbocycles. The van der Waals surface area contributed by atoms with E-state index in [0.717, 1.165) is 31.1 Å². The lowest BCUT2D eigenvalue weighted by atomic mass is 10.1. The fraction of sp³-hybridized carbons (Fsp3) is 0.0625. The van der Waals surface area contributed by atoms with Gasteiger partial charge in [0.1, 0.15) is 0 Å². The second kappa shape index (κ2) is 4.93. The fourth-order valence-corrected chi connectivity index (χ4v) is 3.80. The maximum atomic E-state index is 12.4. The molecule has 21 heavy (non-hydrogen) atoms. The number of ketones is 1. The highest BCUT2D eigenvalue weighted by molar-refractivity contribution is 9.10. The number of thioether (sulfide) groups is 1. The lowest BCUT2D eigenvalue weighted by molar-refractivity contribution is 0.104. The zero-order chi connectivity index (χ0) is 14.4. The van der Waals surface area contributed by atoms with E-state index in [1.807, 2.05) is 42.5 Å². The number of rotatable bonds is 1. The normalized spacial score (nSPS) is 17.4. The van der Waals surface area contributed by atoms with Crippen LogP contribution in [0.1, 0.15) is 15.9 Å². The summed E-state index contributed by atoms with van der Waals surface area (Å²) in [6.45, 7) is 0.237. The molecule has 0 aromatic heterocycles. The Morgan fingerprint density at radius 1 is 1.14 bits per heavy atom. The molecule has 0 unspecified atom stereocenters. The van der Waals surface area contributed by atoms with Crippen molar-refractivity contribution >= 4 is 39.6 Å². The molecule has 0 saturated heterocycles. The second-order valence-electron chi connectivity index (χ2n) is 4.66. The van der Waals surface area contributed by atoms with Gasteiger partial charge in [-0.3, -0.25) is 4.79 Å². The lowest BCUT2D eigenvalue weighted by Crippen LogP contribution is -1.93. The standard InChI is InChI=1S/C16H9BrO3S/c17-11-7-13-12(19-8-20-13)5-9(11)6-15-16(18)10-3-1-2-4-14(10)21-15/h1-7H,8H2/b15-6+. The van der Waals surface area contributed by atoms with Gasteiger partial charge in [0.15, 0.2) is 11.5 Å². The summed E-state index contributed by atoms with van der Waals surface area (Å²) in [6.07, 6.45) is 1.89. The van der Waals surface area contributed by atoms with Crippen LogP contribution in [-0.4, -0.2) is 12.6 Å². The third-order valence-electron chi connectivity index (χ3n) is 3.35. The van der Waals surface area contributed by atoms with Gasteiger partial charge in [-0.1, -0.05) is 39.8 Å². The summed E-state index contributed by atoms with van der Waals surface area (Å²) in [7, 11) is 0. The summed E-state index contributed by atoms with van der Waals surface area (Å²) < 4.78 is 11.6. The van der Waals surface area contributed by atoms with Gasteiger partial charge in [0.05, 0.1) is 4.91 Å². The maximum Gasteiger partial charge on any atom is 0.231 e. The molecule has 5 heteroatoms. The van der Waals surface area contributed by atoms with E-state index in [1.165, 1.54) is 11.8 Å². The van der Waals surface area contributed by atoms with Crippen molar-refractivity contribution < 1.29 is 14.3 Å². The number of allylic oxidation sites excluding steroid dienone is 1. The highest BCUT2D eigenvalue weighted by Gasteiger charge is 2.26. The van der Waals surface area contributed by atoms with Gasteiger partial charge in [0, 0.05) is 14.9 Å². The number of fused-ring (bicyclic) bond motifs is 2. The molecule has 0 radical (unpaired) electrons. The Kier molecular flexibility index (Phi) is 3.05. The highest BCUT2D eigenvalue weighted by Crippen LogP contribution is 2.43. The van der Waals surface area contributed by atoms with Gasteiger partial charge in [0.2, 0.25) is 12.6 Å². The van der Waals surface area contributed by atoms with Crippen molar-refractivity contribution in [1.82, 2.24) is 0 Å². The lowest BCUT2D eigenvalue weighted by Gasteiger charge is -2.03. The number of carbonyl (C=O) groups is 1. The van der Waals surface area contributed by atoms with Crippen molar-refractivity contribution in [3.8, 4) is 11.5 Å². The van der Waals surface area contributed by atoms with E-state index in [4.69, 9.17) is 9.47 Å². The topological polar surface area (TPSA) is 35.5 Å². The summed E-state index contributed by atoms with van der Waals surface area (Å²) >= 11 is 5.01. The quantitative estimate of drug-likeness (QED) is 0.701. The predicted molar refractivity (Wildman–Crippen MR) is 84.9 cm³/mol. The van der Waals surface area contributed by atoms with Crippen molar-refractivity contribution in [2.24, 2.45) is 0 Å². The zero-order valence-corrected chi connectivity index (χ0v) is 13.2. The van der Waals surface area contributed by atoms with Crippen LogP contribution in [0, 0.1) is 0 Å². The summed E-state index contributed by atoms with van der Waals surface area (Å²) in [5.41, 5.74) is 1.67. The molecule has 2 heterocycles. The molecule has 2 aromatic carbocycles. The number of hydrogen-bond acceptors (Lipinski definition) is 4. The first-order chi connectivity index (χ1) is 10.2. The minimum absolute atomic E-state index is 0.0696. The molecular weight excluding hydrogens is 352 g/mol. The summed E-state index contributed by atoms with van der Waals surface area (Å²) in [5.74, 6) is 1.50. The average Bonchev–Trinajstić information content (AvgIpc) is 3.05. The Balaban J connectivity index is 1.75. The van der Waals surface area contributed by atoms with Crippen LogP contribution in [0.15, 0.2) is 50.7 Å². The van der Waals surface area contributed by atoms with Crippen LogP contribution < -0.4 is 9.47 Å². The molecule has 0 aliphatic carbocycles. The van der Waals surface area contributed by atoms with E-state index >= 15 is 0 Å². The van der Waals surface area contributed by atoms with Gasteiger partial charge in [0.25, 0.3) is 0 Å². The van der Waals surface area contributed by atoms with E-state index in [-0.39, 0.29) is 12.6 Å². The first-order valence-electron chi connectivity index (χ1n) is 6.35. The van der Waals surface area contributed by atoms with Crippen LogP contribution in [0.25, 0.3) is 6.08 Å². The summed E-state index contributed by atoms with van der Waals surface area (Å²) in [4.78, 5) is 14.1. The Morgan fingerprint density at radius 3 is 2.71 bits per heavy atom. The first kappa shape index (κ1) is 13.0. The Hall–Kier alpha value is -1.72. The van der Waals surface area contributed by atoms with Crippen molar-refractivity contribution in [3.05, 3.63) is 56.9 Å². The molecular formula is C16H9BrO3S. The minimum atomic E-state index is 0.0696. The van der Waals surface area contributed by atoms with Gasteiger partial charge in [-0.2, -0.15) is 0 Å². The number of hydrogen-bond donors (Lipinski definition) is 0. The second-order valence-corrected chi connectivity index (χ2v) is 6.60. The van der Waals surface area contributed by atoms with Crippen LogP contribution in [0.2, 0.25) is 0 Å². The molecule has 0 N–H and O–H groups in total. The zero-order valence-electron chi connectivity index (χ0n) is 10.8. The number of Topliss-reactive ketones (excluding diaryl/α,β-unsaturated/α-hetero) is 1. The van der Waals surface area contributed by atoms with Crippen LogP contribution in [0.5, 0.6) is 11.5 Å². The van der Waals surface area contributed by atoms with E-state index in [1.54, 1.807) is 0 Å². The molecule has 2 aromatic rings. The van der Waals surface area contributed by atoms with E-state index in [2.05, 4.69) is 15.9 Å². The monoisotopic (exact) mass is 360 g/mol. The van der Waals surface area contributed by atoms with Gasteiger partial charge in [-0.05, 0) is 35.9 Å². The summed E-state index contributed by atoms with van der Waals surface area (Å²) in [6, 6.07) is 11.4. The van der Waals surface area contributed by atoms with Crippen LogP contribution >= 0.6 is 27.7 Å². The molecule has 0 atom stereocenters. The SMILES string of the molecule is O=C1/C(=C\c2cc3c(cc2Br)OCO3)Sc2ccccc21. The Morgan fingerprint density at radius 2 is 1.90 bits per heavy atom. The van der Waals surface area contributed by atoms with Crippen molar-refractivity contribution in [2.75, 3.05) is 6.79 Å². The van der Waals surface area contributed by atoms with Crippen LogP contribution in [0.3, 0.4) is 0 Å². The number of benzene rings is 2. The van der Waals surface area contributed by atoms with Crippen LogP contribution in [0.4, 0.5) is 0 Å². The third kappa shape index (κ3) is 2.17. The molecule has 0 fully saturated rings. The third-order valence-corrected chi connectivity index (χ3v) is 5.14. The largest absolute Gasteiger partial charge is 0.454 e. The highest BCUT2D eigenvalue weighted by atomic mass is 79.9. The molecule has 0 bridgehead atoms. The van der Waals surface area contributed by atoms with Crippen molar-refractivity contribution in [1.29, 1.82) is 0 Å². The van der Waals surface area contributed by atoms with Crippen molar-refractivity contribution in [3.63, 3.8) is 0 Å². The smallest absolute Gasteiger partial charge is 0.231 e. The summed E-state index contributed by atoms with van der Waals surface area (Å²) in [5, 5.41) is 0. The Bertz CT molecular complexity index is 798. The maximum absolute atomic E-state index is 12.4.